The lowest BCUT2D eigenvalue weighted by Gasteiger charge is -2.29. The molecular formula is C14H18Cl2N2O. The maximum Gasteiger partial charge on any atom is 0.244 e. The third-order valence-corrected chi connectivity index (χ3v) is 3.89. The predicted molar refractivity (Wildman–Crippen MR) is 80.0 cm³/mol. The molecule has 0 spiro atoms. The smallest absolute Gasteiger partial charge is 0.244 e. The van der Waals surface area contributed by atoms with Gasteiger partial charge in [-0.25, -0.2) is 0 Å². The van der Waals surface area contributed by atoms with Gasteiger partial charge in [-0.15, -0.1) is 0 Å². The quantitative estimate of drug-likeness (QED) is 0.921. The molecule has 1 aliphatic rings. The number of nitrogens with one attached hydrogen (secondary N) is 1. The van der Waals surface area contributed by atoms with Crippen LogP contribution in [0.4, 0.5) is 5.69 Å². The molecule has 0 radical (unpaired) electrons. The summed E-state index contributed by atoms with van der Waals surface area (Å²) in [6.45, 7) is 3.58. The van der Waals surface area contributed by atoms with Crippen molar-refractivity contribution in [1.82, 2.24) is 4.90 Å². The number of rotatable bonds is 3. The number of benzene rings is 1. The van der Waals surface area contributed by atoms with Crippen molar-refractivity contribution in [3.63, 3.8) is 0 Å². The van der Waals surface area contributed by atoms with Crippen LogP contribution in [0.3, 0.4) is 0 Å². The van der Waals surface area contributed by atoms with Crippen LogP contribution in [0.25, 0.3) is 0 Å². The van der Waals surface area contributed by atoms with Crippen LogP contribution in [0.5, 0.6) is 0 Å². The minimum Gasteiger partial charge on any atom is -0.373 e. The van der Waals surface area contributed by atoms with Crippen LogP contribution in [0.15, 0.2) is 18.2 Å². The molecule has 2 rings (SSSR count). The molecule has 1 saturated heterocycles. The van der Waals surface area contributed by atoms with Crippen LogP contribution in [-0.2, 0) is 4.79 Å². The van der Waals surface area contributed by atoms with Gasteiger partial charge in [0.05, 0.1) is 10.7 Å². The van der Waals surface area contributed by atoms with E-state index in [0.717, 1.165) is 31.6 Å². The highest BCUT2D eigenvalue weighted by Gasteiger charge is 2.22. The van der Waals surface area contributed by atoms with E-state index in [0.29, 0.717) is 10.0 Å². The number of piperidine rings is 1. The van der Waals surface area contributed by atoms with E-state index in [1.807, 2.05) is 11.8 Å². The Morgan fingerprint density at radius 2 is 1.95 bits per heavy atom. The van der Waals surface area contributed by atoms with Crippen LogP contribution in [0.2, 0.25) is 10.0 Å². The number of hydrogen-bond acceptors (Lipinski definition) is 2. The molecule has 0 aliphatic carbocycles. The van der Waals surface area contributed by atoms with E-state index < -0.39 is 0 Å². The van der Waals surface area contributed by atoms with E-state index in [1.165, 1.54) is 6.42 Å². The second kappa shape index (κ2) is 6.49. The van der Waals surface area contributed by atoms with E-state index in [1.54, 1.807) is 18.2 Å². The summed E-state index contributed by atoms with van der Waals surface area (Å²) < 4.78 is 0. The Morgan fingerprint density at radius 1 is 1.26 bits per heavy atom. The van der Waals surface area contributed by atoms with Crippen molar-refractivity contribution >= 4 is 34.8 Å². The molecule has 1 unspecified atom stereocenters. The molecule has 1 amide bonds. The summed E-state index contributed by atoms with van der Waals surface area (Å²) in [5.41, 5.74) is 0.740. The average molecular weight is 301 g/mol. The van der Waals surface area contributed by atoms with Crippen molar-refractivity contribution < 1.29 is 4.79 Å². The van der Waals surface area contributed by atoms with Gasteiger partial charge >= 0.3 is 0 Å². The molecule has 1 aromatic rings. The van der Waals surface area contributed by atoms with Gasteiger partial charge in [0, 0.05) is 18.1 Å². The Bertz CT molecular complexity index is 459. The summed E-state index contributed by atoms with van der Waals surface area (Å²) in [6.07, 6.45) is 3.41. The Morgan fingerprint density at radius 3 is 2.58 bits per heavy atom. The highest BCUT2D eigenvalue weighted by Crippen LogP contribution is 2.26. The molecule has 1 N–H and O–H groups in total. The van der Waals surface area contributed by atoms with Crippen LogP contribution in [0.1, 0.15) is 26.2 Å². The molecule has 1 fully saturated rings. The number of amides is 1. The highest BCUT2D eigenvalue weighted by molar-refractivity contribution is 6.36. The van der Waals surface area contributed by atoms with Gasteiger partial charge in [0.2, 0.25) is 5.91 Å². The summed E-state index contributed by atoms with van der Waals surface area (Å²) in [6, 6.07) is 4.94. The monoisotopic (exact) mass is 300 g/mol. The fourth-order valence-corrected chi connectivity index (χ4v) is 2.75. The fourth-order valence-electron chi connectivity index (χ4n) is 2.29. The molecular weight excluding hydrogens is 283 g/mol. The first kappa shape index (κ1) is 14.5. The molecule has 3 nitrogen and oxygen atoms in total. The lowest BCUT2D eigenvalue weighted by Crippen LogP contribution is -2.43. The molecule has 1 atom stereocenters. The van der Waals surface area contributed by atoms with Crippen LogP contribution < -0.4 is 5.32 Å². The van der Waals surface area contributed by atoms with Crippen molar-refractivity contribution in [1.29, 1.82) is 0 Å². The molecule has 1 heterocycles. The molecule has 19 heavy (non-hydrogen) atoms. The van der Waals surface area contributed by atoms with Crippen molar-refractivity contribution in [3.05, 3.63) is 28.2 Å². The van der Waals surface area contributed by atoms with Crippen LogP contribution in [0, 0.1) is 0 Å². The number of anilines is 1. The van der Waals surface area contributed by atoms with Gasteiger partial charge in [0.15, 0.2) is 0 Å². The van der Waals surface area contributed by atoms with Gasteiger partial charge in [0.25, 0.3) is 0 Å². The van der Waals surface area contributed by atoms with E-state index in [9.17, 15) is 4.79 Å². The number of nitrogens with zero attached hydrogens (tertiary/aromatic N) is 1. The van der Waals surface area contributed by atoms with Gasteiger partial charge in [-0.1, -0.05) is 23.2 Å². The number of carbonyl (C=O) groups is 1. The van der Waals surface area contributed by atoms with Crippen LogP contribution >= 0.6 is 23.2 Å². The Hall–Kier alpha value is -0.930. The first-order chi connectivity index (χ1) is 9.08. The number of hydrogen-bond donors (Lipinski definition) is 1. The molecule has 0 saturated carbocycles. The molecule has 5 heteroatoms. The molecule has 104 valence electrons. The van der Waals surface area contributed by atoms with Gasteiger partial charge in [-0.05, 0) is 44.4 Å². The van der Waals surface area contributed by atoms with Crippen LogP contribution in [-0.4, -0.2) is 29.9 Å². The summed E-state index contributed by atoms with van der Waals surface area (Å²) in [4.78, 5) is 14.2. The largest absolute Gasteiger partial charge is 0.373 e. The topological polar surface area (TPSA) is 32.3 Å². The van der Waals surface area contributed by atoms with Crippen molar-refractivity contribution in [2.75, 3.05) is 18.4 Å². The molecule has 0 bridgehead atoms. The van der Waals surface area contributed by atoms with E-state index in [2.05, 4.69) is 5.32 Å². The average Bonchev–Trinajstić information content (AvgIpc) is 2.42. The van der Waals surface area contributed by atoms with Gasteiger partial charge in [-0.2, -0.15) is 0 Å². The first-order valence-electron chi connectivity index (χ1n) is 6.58. The maximum absolute atomic E-state index is 12.3. The Balaban J connectivity index is 1.99. The summed E-state index contributed by atoms with van der Waals surface area (Å²) in [5, 5.41) is 4.27. The highest BCUT2D eigenvalue weighted by atomic mass is 35.5. The zero-order valence-corrected chi connectivity index (χ0v) is 12.5. The Kier molecular flexibility index (Phi) is 4.94. The van der Waals surface area contributed by atoms with Gasteiger partial charge in [-0.3, -0.25) is 4.79 Å². The maximum atomic E-state index is 12.3. The van der Waals surface area contributed by atoms with Gasteiger partial charge < -0.3 is 10.2 Å². The van der Waals surface area contributed by atoms with Crippen molar-refractivity contribution in [2.24, 2.45) is 0 Å². The van der Waals surface area contributed by atoms with E-state index in [4.69, 9.17) is 23.2 Å². The third-order valence-electron chi connectivity index (χ3n) is 3.34. The van der Waals surface area contributed by atoms with Gasteiger partial charge in [0.1, 0.15) is 6.04 Å². The lowest BCUT2D eigenvalue weighted by atomic mass is 10.1. The fraction of sp³-hybridized carbons (Fsp3) is 0.500. The lowest BCUT2D eigenvalue weighted by molar-refractivity contribution is -0.132. The van der Waals surface area contributed by atoms with E-state index >= 15 is 0 Å². The molecule has 0 aromatic heterocycles. The molecule has 1 aliphatic heterocycles. The second-order valence-electron chi connectivity index (χ2n) is 4.88. The van der Waals surface area contributed by atoms with E-state index in [-0.39, 0.29) is 11.9 Å². The predicted octanol–water partition coefficient (Wildman–Crippen LogP) is 3.81. The SMILES string of the molecule is CC(Nc1ccc(Cl)cc1Cl)C(=O)N1CCCCC1. The second-order valence-corrected chi connectivity index (χ2v) is 5.72. The number of likely N-dealkylation sites (tertiary alicyclic amines) is 1. The first-order valence-corrected chi connectivity index (χ1v) is 7.34. The Labute approximate surface area is 123 Å². The third kappa shape index (κ3) is 3.77. The zero-order chi connectivity index (χ0) is 13.8. The normalized spacial score (nSPS) is 17.1. The molecule has 1 aromatic carbocycles. The number of carbonyl (C=O) groups excluding carboxylic acids is 1. The standard InChI is InChI=1S/C14H18Cl2N2O/c1-10(14(19)18-7-3-2-4-8-18)17-13-6-5-11(15)9-12(13)16/h5-6,9-10,17H,2-4,7-8H2,1H3. The zero-order valence-electron chi connectivity index (χ0n) is 11.0. The number of halogens is 2. The van der Waals surface area contributed by atoms with Crippen molar-refractivity contribution in [2.45, 2.75) is 32.2 Å². The minimum atomic E-state index is -0.281. The van der Waals surface area contributed by atoms with Crippen molar-refractivity contribution in [3.8, 4) is 0 Å². The summed E-state index contributed by atoms with van der Waals surface area (Å²) in [5.74, 6) is 0.130. The minimum absolute atomic E-state index is 0.130. The summed E-state index contributed by atoms with van der Waals surface area (Å²) >= 11 is 11.9. The summed E-state index contributed by atoms with van der Waals surface area (Å²) in [7, 11) is 0.